The van der Waals surface area contributed by atoms with Crippen molar-refractivity contribution in [2.24, 2.45) is 0 Å². The van der Waals surface area contributed by atoms with E-state index in [0.717, 1.165) is 47.1 Å². The van der Waals surface area contributed by atoms with E-state index >= 15 is 0 Å². The maximum atomic E-state index is 4.50. The van der Waals surface area contributed by atoms with Crippen LogP contribution in [0.25, 0.3) is 11.0 Å². The molecule has 0 bridgehead atoms. The lowest BCUT2D eigenvalue weighted by Crippen LogP contribution is -2.59. The fourth-order valence-electron chi connectivity index (χ4n) is 3.28. The lowest BCUT2D eigenvalue weighted by Gasteiger charge is -2.44. The van der Waals surface area contributed by atoms with Gasteiger partial charge < -0.3 is 14.8 Å². The zero-order valence-corrected chi connectivity index (χ0v) is 16.0. The number of nitrogens with zero attached hydrogens (tertiary/aromatic N) is 6. The van der Waals surface area contributed by atoms with Crippen molar-refractivity contribution in [3.8, 4) is 0 Å². The molecule has 0 saturated carbocycles. The molecule has 4 rings (SSSR count). The second kappa shape index (κ2) is 5.93. The van der Waals surface area contributed by atoms with Crippen molar-refractivity contribution in [3.05, 3.63) is 35.9 Å². The standard InChI is InChI=1S/C19H25N7/c1-12-8-14-17(22-12)18(21-11-20-14)25(5)13-9-26(10-13)16-7-6-15(23-24-16)19(2,3)4/h6-8,11,13,22H,9-10H2,1-5H3. The van der Waals surface area contributed by atoms with Crippen LogP contribution in [0.2, 0.25) is 0 Å². The molecule has 0 spiro atoms. The molecule has 0 aliphatic carbocycles. The molecule has 26 heavy (non-hydrogen) atoms. The van der Waals surface area contributed by atoms with Crippen LogP contribution in [0.1, 0.15) is 32.2 Å². The van der Waals surface area contributed by atoms with Gasteiger partial charge in [-0.05, 0) is 25.1 Å². The van der Waals surface area contributed by atoms with Crippen molar-refractivity contribution in [1.29, 1.82) is 0 Å². The summed E-state index contributed by atoms with van der Waals surface area (Å²) in [7, 11) is 2.09. The average Bonchev–Trinajstić information content (AvgIpc) is 2.93. The number of likely N-dealkylation sites (N-methyl/N-ethyl adjacent to an activating group) is 1. The van der Waals surface area contributed by atoms with E-state index in [1.54, 1.807) is 6.33 Å². The third-order valence-corrected chi connectivity index (χ3v) is 5.02. The summed E-state index contributed by atoms with van der Waals surface area (Å²) in [4.78, 5) is 16.7. The van der Waals surface area contributed by atoms with Crippen molar-refractivity contribution >= 4 is 22.7 Å². The van der Waals surface area contributed by atoms with Crippen LogP contribution < -0.4 is 9.80 Å². The molecule has 0 unspecified atom stereocenters. The van der Waals surface area contributed by atoms with Gasteiger partial charge in [0.2, 0.25) is 0 Å². The quantitative estimate of drug-likeness (QED) is 0.782. The van der Waals surface area contributed by atoms with Gasteiger partial charge >= 0.3 is 0 Å². The van der Waals surface area contributed by atoms with E-state index in [4.69, 9.17) is 0 Å². The van der Waals surface area contributed by atoms with Crippen LogP contribution >= 0.6 is 0 Å². The molecule has 3 aromatic heterocycles. The van der Waals surface area contributed by atoms with Gasteiger partial charge in [0.15, 0.2) is 11.6 Å². The maximum absolute atomic E-state index is 4.50. The number of aryl methyl sites for hydroxylation is 1. The number of fused-ring (bicyclic) bond motifs is 1. The van der Waals surface area contributed by atoms with Crippen LogP contribution in [-0.4, -0.2) is 51.3 Å². The molecule has 136 valence electrons. The molecule has 1 aliphatic rings. The van der Waals surface area contributed by atoms with Crippen molar-refractivity contribution in [2.75, 3.05) is 29.9 Å². The Balaban J connectivity index is 1.47. The fraction of sp³-hybridized carbons (Fsp3) is 0.474. The molecule has 4 heterocycles. The molecular formula is C19H25N7. The Morgan fingerprint density at radius 1 is 1.15 bits per heavy atom. The van der Waals surface area contributed by atoms with E-state index in [0.29, 0.717) is 6.04 Å². The fourth-order valence-corrected chi connectivity index (χ4v) is 3.28. The molecule has 1 N–H and O–H groups in total. The monoisotopic (exact) mass is 351 g/mol. The zero-order chi connectivity index (χ0) is 18.5. The SMILES string of the molecule is Cc1cc2ncnc(N(C)C3CN(c4ccc(C(C)(C)C)nn4)C3)c2[nH]1. The Morgan fingerprint density at radius 3 is 2.58 bits per heavy atom. The van der Waals surface area contributed by atoms with E-state index in [2.05, 4.69) is 74.9 Å². The number of H-pyrrole nitrogens is 1. The number of hydrogen-bond donors (Lipinski definition) is 1. The highest BCUT2D eigenvalue weighted by Gasteiger charge is 2.33. The Labute approximate surface area is 153 Å². The van der Waals surface area contributed by atoms with Crippen molar-refractivity contribution < 1.29 is 0 Å². The largest absolute Gasteiger partial charge is 0.354 e. The summed E-state index contributed by atoms with van der Waals surface area (Å²) in [5.74, 6) is 1.88. The summed E-state index contributed by atoms with van der Waals surface area (Å²) in [6.45, 7) is 10.3. The third-order valence-electron chi connectivity index (χ3n) is 5.02. The van der Waals surface area contributed by atoms with Crippen molar-refractivity contribution in [2.45, 2.75) is 39.2 Å². The van der Waals surface area contributed by atoms with Gasteiger partial charge in [-0.1, -0.05) is 20.8 Å². The van der Waals surface area contributed by atoms with Gasteiger partial charge in [0.25, 0.3) is 0 Å². The summed E-state index contributed by atoms with van der Waals surface area (Å²) < 4.78 is 0. The number of anilines is 2. The highest BCUT2D eigenvalue weighted by atomic mass is 15.4. The smallest absolute Gasteiger partial charge is 0.156 e. The van der Waals surface area contributed by atoms with E-state index in [1.807, 2.05) is 13.0 Å². The number of aromatic amines is 1. The van der Waals surface area contributed by atoms with E-state index < -0.39 is 0 Å². The molecule has 0 radical (unpaired) electrons. The van der Waals surface area contributed by atoms with E-state index in [1.165, 1.54) is 0 Å². The zero-order valence-electron chi connectivity index (χ0n) is 16.0. The normalized spacial score (nSPS) is 15.3. The van der Waals surface area contributed by atoms with E-state index in [9.17, 15) is 0 Å². The molecule has 7 nitrogen and oxygen atoms in total. The molecule has 3 aromatic rings. The highest BCUT2D eigenvalue weighted by Crippen LogP contribution is 2.28. The Hall–Kier alpha value is -2.70. The second-order valence-corrected chi connectivity index (χ2v) is 8.11. The first-order chi connectivity index (χ1) is 12.3. The van der Waals surface area contributed by atoms with Gasteiger partial charge in [0.05, 0.1) is 17.3 Å². The van der Waals surface area contributed by atoms with Crippen molar-refractivity contribution in [3.63, 3.8) is 0 Å². The molecule has 7 heteroatoms. The highest BCUT2D eigenvalue weighted by molar-refractivity contribution is 5.86. The first-order valence-electron chi connectivity index (χ1n) is 8.95. The number of nitrogens with one attached hydrogen (secondary N) is 1. The van der Waals surface area contributed by atoms with Crippen LogP contribution in [0.5, 0.6) is 0 Å². The van der Waals surface area contributed by atoms with Gasteiger partial charge in [-0.25, -0.2) is 9.97 Å². The molecule has 1 fully saturated rings. The minimum Gasteiger partial charge on any atom is -0.354 e. The maximum Gasteiger partial charge on any atom is 0.156 e. The summed E-state index contributed by atoms with van der Waals surface area (Å²) in [5, 5.41) is 8.81. The van der Waals surface area contributed by atoms with Crippen LogP contribution in [0, 0.1) is 6.92 Å². The van der Waals surface area contributed by atoms with Gasteiger partial charge in [-0.2, -0.15) is 5.10 Å². The minimum absolute atomic E-state index is 0.0236. The third kappa shape index (κ3) is 2.87. The summed E-state index contributed by atoms with van der Waals surface area (Å²) in [6, 6.07) is 6.59. The predicted octanol–water partition coefficient (Wildman–Crippen LogP) is 2.68. The number of aromatic nitrogens is 5. The van der Waals surface area contributed by atoms with Crippen molar-refractivity contribution in [1.82, 2.24) is 25.1 Å². The number of rotatable bonds is 3. The molecule has 0 atom stereocenters. The molecule has 0 amide bonds. The summed E-state index contributed by atoms with van der Waals surface area (Å²) in [6.07, 6.45) is 1.63. The summed E-state index contributed by atoms with van der Waals surface area (Å²) in [5.41, 5.74) is 4.09. The van der Waals surface area contributed by atoms with Gasteiger partial charge in [-0.15, -0.1) is 5.10 Å². The molecule has 1 aliphatic heterocycles. The first-order valence-corrected chi connectivity index (χ1v) is 8.95. The van der Waals surface area contributed by atoms with Crippen LogP contribution in [0.15, 0.2) is 24.5 Å². The summed E-state index contributed by atoms with van der Waals surface area (Å²) >= 11 is 0. The Morgan fingerprint density at radius 2 is 1.92 bits per heavy atom. The predicted molar refractivity (Wildman–Crippen MR) is 104 cm³/mol. The minimum atomic E-state index is 0.0236. The van der Waals surface area contributed by atoms with Gasteiger partial charge in [0.1, 0.15) is 11.8 Å². The first kappa shape index (κ1) is 16.8. The second-order valence-electron chi connectivity index (χ2n) is 8.11. The lowest BCUT2D eigenvalue weighted by molar-refractivity contribution is 0.486. The molecule has 0 aromatic carbocycles. The van der Waals surface area contributed by atoms with Gasteiger partial charge in [0, 0.05) is 31.2 Å². The molecule has 1 saturated heterocycles. The Bertz CT molecular complexity index is 917. The lowest BCUT2D eigenvalue weighted by atomic mass is 9.92. The van der Waals surface area contributed by atoms with Crippen LogP contribution in [-0.2, 0) is 5.41 Å². The number of hydrogen-bond acceptors (Lipinski definition) is 6. The van der Waals surface area contributed by atoms with Crippen LogP contribution in [0.4, 0.5) is 11.6 Å². The van der Waals surface area contributed by atoms with E-state index in [-0.39, 0.29) is 5.41 Å². The van der Waals surface area contributed by atoms with Gasteiger partial charge in [-0.3, -0.25) is 0 Å². The van der Waals surface area contributed by atoms with Crippen LogP contribution in [0.3, 0.4) is 0 Å². The molecular weight excluding hydrogens is 326 g/mol. The Kier molecular flexibility index (Phi) is 3.82. The topological polar surface area (TPSA) is 73.8 Å². The average molecular weight is 351 g/mol.